The van der Waals surface area contributed by atoms with Crippen LogP contribution in [0.2, 0.25) is 0 Å². The maximum absolute atomic E-state index is 5.81. The van der Waals surface area contributed by atoms with Crippen molar-refractivity contribution in [1.82, 2.24) is 5.43 Å². The number of hydrogen-bond donors (Lipinski definition) is 2. The van der Waals surface area contributed by atoms with Gasteiger partial charge in [0, 0.05) is 6.04 Å². The minimum atomic E-state index is 0.359. The molecule has 1 fully saturated rings. The minimum Gasteiger partial charge on any atom is -0.271 e. The van der Waals surface area contributed by atoms with Crippen molar-refractivity contribution in [2.75, 3.05) is 0 Å². The lowest BCUT2D eigenvalue weighted by atomic mass is 9.96. The molecule has 1 unspecified atom stereocenters. The highest BCUT2D eigenvalue weighted by molar-refractivity contribution is 5.25. The normalized spacial score (nSPS) is 22.2. The molecule has 0 spiro atoms. The summed E-state index contributed by atoms with van der Waals surface area (Å²) >= 11 is 0. The van der Waals surface area contributed by atoms with Gasteiger partial charge in [-0.25, -0.2) is 0 Å². The first-order chi connectivity index (χ1) is 8.84. The van der Waals surface area contributed by atoms with Crippen LogP contribution in [0.15, 0.2) is 24.3 Å². The van der Waals surface area contributed by atoms with E-state index in [2.05, 4.69) is 64.3 Å². The largest absolute Gasteiger partial charge is 0.271 e. The number of nitrogens with one attached hydrogen (secondary N) is 1. The van der Waals surface area contributed by atoms with Crippen molar-refractivity contribution < 1.29 is 0 Å². The Hall–Kier alpha value is -0.860. The summed E-state index contributed by atoms with van der Waals surface area (Å²) in [5.41, 5.74) is 6.56. The molecule has 0 radical (unpaired) electrons. The van der Waals surface area contributed by atoms with E-state index in [0.717, 1.165) is 12.8 Å². The number of hydrazine groups is 1. The fourth-order valence-electron chi connectivity index (χ4n) is 3.69. The smallest absolute Gasteiger partial charge is 0.0289 e. The lowest BCUT2D eigenvalue weighted by Gasteiger charge is -2.18. The standard InChI is InChI=1S/C17H28N2/c1-6-12-7-9-13(10-8-12)11-14(19-18)15-16(2,3)17(15,4)5/h7-10,14-15,19H,6,11,18H2,1-5H3. The Morgan fingerprint density at radius 2 is 1.53 bits per heavy atom. The van der Waals surface area contributed by atoms with E-state index >= 15 is 0 Å². The third-order valence-electron chi connectivity index (χ3n) is 5.64. The molecule has 1 saturated carbocycles. The summed E-state index contributed by atoms with van der Waals surface area (Å²) in [5, 5.41) is 0. The molecule has 2 heteroatoms. The van der Waals surface area contributed by atoms with Gasteiger partial charge in [-0.1, -0.05) is 58.9 Å². The molecule has 0 saturated heterocycles. The van der Waals surface area contributed by atoms with E-state index in [4.69, 9.17) is 5.84 Å². The number of nitrogens with two attached hydrogens (primary N) is 1. The maximum Gasteiger partial charge on any atom is 0.0289 e. The van der Waals surface area contributed by atoms with Crippen LogP contribution in [-0.4, -0.2) is 6.04 Å². The van der Waals surface area contributed by atoms with Crippen LogP contribution in [0.1, 0.15) is 45.7 Å². The van der Waals surface area contributed by atoms with Crippen molar-refractivity contribution in [2.45, 2.75) is 53.5 Å². The van der Waals surface area contributed by atoms with Crippen molar-refractivity contribution in [1.29, 1.82) is 0 Å². The fourth-order valence-corrected chi connectivity index (χ4v) is 3.69. The average molecular weight is 260 g/mol. The Balaban J connectivity index is 2.08. The number of benzene rings is 1. The first kappa shape index (κ1) is 14.5. The van der Waals surface area contributed by atoms with Crippen LogP contribution in [0, 0.1) is 16.7 Å². The molecule has 1 aromatic carbocycles. The highest BCUT2D eigenvalue weighted by Gasteiger charge is 2.66. The van der Waals surface area contributed by atoms with Gasteiger partial charge in [-0.05, 0) is 40.7 Å². The van der Waals surface area contributed by atoms with E-state index in [0.29, 0.717) is 22.8 Å². The molecule has 1 aromatic rings. The molecule has 1 aliphatic carbocycles. The zero-order valence-corrected chi connectivity index (χ0v) is 13.0. The first-order valence-electron chi connectivity index (χ1n) is 7.38. The van der Waals surface area contributed by atoms with Gasteiger partial charge in [-0.3, -0.25) is 11.3 Å². The number of aryl methyl sites for hydroxylation is 1. The van der Waals surface area contributed by atoms with Crippen LogP contribution in [0.5, 0.6) is 0 Å². The molecule has 3 N–H and O–H groups in total. The van der Waals surface area contributed by atoms with Gasteiger partial charge >= 0.3 is 0 Å². The molecule has 1 atom stereocenters. The minimum absolute atomic E-state index is 0.359. The Morgan fingerprint density at radius 1 is 1.05 bits per heavy atom. The summed E-state index contributed by atoms with van der Waals surface area (Å²) in [6.07, 6.45) is 2.11. The van der Waals surface area contributed by atoms with E-state index in [1.807, 2.05) is 0 Å². The number of hydrogen-bond acceptors (Lipinski definition) is 2. The van der Waals surface area contributed by atoms with Crippen molar-refractivity contribution in [3.63, 3.8) is 0 Å². The van der Waals surface area contributed by atoms with E-state index < -0.39 is 0 Å². The van der Waals surface area contributed by atoms with Crippen LogP contribution in [0.3, 0.4) is 0 Å². The second kappa shape index (κ2) is 4.92. The van der Waals surface area contributed by atoms with E-state index in [9.17, 15) is 0 Å². The zero-order chi connectivity index (χ0) is 14.3. The molecule has 0 heterocycles. The van der Waals surface area contributed by atoms with Crippen LogP contribution in [0.25, 0.3) is 0 Å². The molecule has 0 aromatic heterocycles. The summed E-state index contributed by atoms with van der Waals surface area (Å²) in [5.74, 6) is 6.44. The first-order valence-corrected chi connectivity index (χ1v) is 7.38. The summed E-state index contributed by atoms with van der Waals surface area (Å²) in [7, 11) is 0. The molecule has 2 rings (SSSR count). The van der Waals surface area contributed by atoms with Gasteiger partial charge in [-0.2, -0.15) is 0 Å². The highest BCUT2D eigenvalue weighted by atomic mass is 15.2. The van der Waals surface area contributed by atoms with Crippen LogP contribution in [-0.2, 0) is 12.8 Å². The van der Waals surface area contributed by atoms with Crippen LogP contribution in [0.4, 0.5) is 0 Å². The van der Waals surface area contributed by atoms with Gasteiger partial charge in [0.25, 0.3) is 0 Å². The molecule has 1 aliphatic rings. The fraction of sp³-hybridized carbons (Fsp3) is 0.647. The van der Waals surface area contributed by atoms with Gasteiger partial charge in [0.2, 0.25) is 0 Å². The SMILES string of the molecule is CCc1ccc(CC(NN)C2C(C)(C)C2(C)C)cc1. The molecule has 106 valence electrons. The van der Waals surface area contributed by atoms with Crippen LogP contribution >= 0.6 is 0 Å². The summed E-state index contributed by atoms with van der Waals surface area (Å²) in [6, 6.07) is 9.30. The Bertz CT molecular complexity index is 417. The predicted octanol–water partition coefficient (Wildman–Crippen LogP) is 3.31. The van der Waals surface area contributed by atoms with E-state index in [1.165, 1.54) is 11.1 Å². The molecule has 0 bridgehead atoms. The molecule has 0 aliphatic heterocycles. The second-order valence-electron chi connectivity index (χ2n) is 7.07. The van der Waals surface area contributed by atoms with E-state index in [-0.39, 0.29) is 0 Å². The van der Waals surface area contributed by atoms with Gasteiger partial charge in [-0.15, -0.1) is 0 Å². The van der Waals surface area contributed by atoms with Gasteiger partial charge in [0.05, 0.1) is 0 Å². The summed E-state index contributed by atoms with van der Waals surface area (Å²) in [6.45, 7) is 11.6. The van der Waals surface area contributed by atoms with E-state index in [1.54, 1.807) is 0 Å². The Kier molecular flexibility index (Phi) is 3.76. The number of rotatable bonds is 5. The molecule has 19 heavy (non-hydrogen) atoms. The molecular formula is C17H28N2. The van der Waals surface area contributed by atoms with Crippen molar-refractivity contribution in [3.8, 4) is 0 Å². The topological polar surface area (TPSA) is 38.0 Å². The van der Waals surface area contributed by atoms with Gasteiger partial charge < -0.3 is 0 Å². The van der Waals surface area contributed by atoms with Crippen molar-refractivity contribution in [2.24, 2.45) is 22.6 Å². The Labute approximate surface area is 117 Å². The Morgan fingerprint density at radius 3 is 1.89 bits per heavy atom. The summed E-state index contributed by atoms with van der Waals surface area (Å²) < 4.78 is 0. The second-order valence-corrected chi connectivity index (χ2v) is 7.07. The summed E-state index contributed by atoms with van der Waals surface area (Å²) in [4.78, 5) is 0. The predicted molar refractivity (Wildman–Crippen MR) is 81.7 cm³/mol. The third-order valence-corrected chi connectivity index (χ3v) is 5.64. The lowest BCUT2D eigenvalue weighted by Crippen LogP contribution is -2.40. The average Bonchev–Trinajstić information content (AvgIpc) is 2.78. The van der Waals surface area contributed by atoms with Crippen LogP contribution < -0.4 is 11.3 Å². The quantitative estimate of drug-likeness (QED) is 0.629. The van der Waals surface area contributed by atoms with Gasteiger partial charge in [0.1, 0.15) is 0 Å². The maximum atomic E-state index is 5.81. The monoisotopic (exact) mass is 260 g/mol. The lowest BCUT2D eigenvalue weighted by molar-refractivity contribution is 0.402. The van der Waals surface area contributed by atoms with Crippen molar-refractivity contribution >= 4 is 0 Å². The zero-order valence-electron chi connectivity index (χ0n) is 13.0. The third kappa shape index (κ3) is 2.44. The highest BCUT2D eigenvalue weighted by Crippen LogP contribution is 2.69. The van der Waals surface area contributed by atoms with Crippen molar-refractivity contribution in [3.05, 3.63) is 35.4 Å². The van der Waals surface area contributed by atoms with Gasteiger partial charge in [0.15, 0.2) is 0 Å². The molecular weight excluding hydrogens is 232 g/mol. The molecule has 2 nitrogen and oxygen atoms in total. The molecule has 0 amide bonds.